The maximum Gasteiger partial charge on any atom is 0.277 e. The predicted octanol–water partition coefficient (Wildman–Crippen LogP) is 3.98. The highest BCUT2D eigenvalue weighted by atomic mass is 35.5. The van der Waals surface area contributed by atoms with Crippen molar-refractivity contribution in [2.24, 2.45) is 0 Å². The average molecular weight is 321 g/mol. The summed E-state index contributed by atoms with van der Waals surface area (Å²) in [5, 5.41) is 8.19. The molecule has 108 valence electrons. The summed E-state index contributed by atoms with van der Waals surface area (Å²) >= 11 is 7.33. The Morgan fingerprint density at radius 3 is 2.90 bits per heavy atom. The molecule has 0 bridgehead atoms. The number of hydrogen-bond donors (Lipinski definition) is 1. The van der Waals surface area contributed by atoms with Gasteiger partial charge in [0.25, 0.3) is 5.91 Å². The zero-order chi connectivity index (χ0) is 15.0. The van der Waals surface area contributed by atoms with E-state index in [1.54, 1.807) is 23.0 Å². The molecule has 3 aromatic rings. The fourth-order valence-electron chi connectivity index (χ4n) is 1.86. The van der Waals surface area contributed by atoms with Crippen molar-refractivity contribution in [3.8, 4) is 0 Å². The smallest absolute Gasteiger partial charge is 0.277 e. The first-order valence-corrected chi connectivity index (χ1v) is 7.65. The molecule has 0 radical (unpaired) electrons. The van der Waals surface area contributed by atoms with Crippen LogP contribution in [-0.2, 0) is 0 Å². The highest BCUT2D eigenvalue weighted by Crippen LogP contribution is 2.28. The van der Waals surface area contributed by atoms with E-state index in [-0.39, 0.29) is 11.9 Å². The number of hydrogen-bond acceptors (Lipinski definition) is 4. The van der Waals surface area contributed by atoms with Gasteiger partial charge in [-0.05, 0) is 38.1 Å². The van der Waals surface area contributed by atoms with Crippen LogP contribution >= 0.6 is 22.9 Å². The molecule has 5 nitrogen and oxygen atoms in total. The molecule has 2 aromatic heterocycles. The van der Waals surface area contributed by atoms with Gasteiger partial charge in [-0.1, -0.05) is 22.9 Å². The molecule has 0 atom stereocenters. The van der Waals surface area contributed by atoms with E-state index >= 15 is 0 Å². The van der Waals surface area contributed by atoms with Gasteiger partial charge < -0.3 is 0 Å². The van der Waals surface area contributed by atoms with Gasteiger partial charge in [0.15, 0.2) is 10.8 Å². The minimum absolute atomic E-state index is 0.219. The number of nitrogens with one attached hydrogen (secondary N) is 1. The van der Waals surface area contributed by atoms with Crippen molar-refractivity contribution >= 4 is 44.2 Å². The van der Waals surface area contributed by atoms with Gasteiger partial charge in [-0.15, -0.1) is 0 Å². The fraction of sp³-hybridized carbons (Fsp3) is 0.214. The summed E-state index contributed by atoms with van der Waals surface area (Å²) in [4.78, 5) is 16.5. The minimum atomic E-state index is -0.264. The van der Waals surface area contributed by atoms with Crippen molar-refractivity contribution in [3.63, 3.8) is 0 Å². The summed E-state index contributed by atoms with van der Waals surface area (Å²) in [5.41, 5.74) is 1.19. The number of fused-ring (bicyclic) bond motifs is 1. The monoisotopic (exact) mass is 320 g/mol. The Morgan fingerprint density at radius 1 is 1.38 bits per heavy atom. The van der Waals surface area contributed by atoms with Crippen LogP contribution < -0.4 is 5.32 Å². The van der Waals surface area contributed by atoms with E-state index in [1.807, 2.05) is 26.0 Å². The number of nitrogens with zero attached hydrogens (tertiary/aromatic N) is 3. The molecule has 0 aliphatic carbocycles. The number of carbonyl (C=O) groups is 1. The van der Waals surface area contributed by atoms with E-state index < -0.39 is 0 Å². The molecular formula is C14H13ClN4OS. The van der Waals surface area contributed by atoms with Gasteiger partial charge >= 0.3 is 0 Å². The average Bonchev–Trinajstić information content (AvgIpc) is 3.03. The maximum atomic E-state index is 12.1. The molecule has 1 aromatic carbocycles. The van der Waals surface area contributed by atoms with Crippen molar-refractivity contribution in [1.82, 2.24) is 14.8 Å². The van der Waals surface area contributed by atoms with Crippen LogP contribution in [0.3, 0.4) is 0 Å². The Hall–Kier alpha value is -1.92. The first-order valence-electron chi connectivity index (χ1n) is 6.45. The van der Waals surface area contributed by atoms with E-state index in [4.69, 9.17) is 11.6 Å². The molecule has 7 heteroatoms. The van der Waals surface area contributed by atoms with Crippen molar-refractivity contribution in [2.45, 2.75) is 19.9 Å². The lowest BCUT2D eigenvalue weighted by molar-refractivity contribution is 0.102. The van der Waals surface area contributed by atoms with Crippen LogP contribution in [0.25, 0.3) is 10.2 Å². The Bertz CT molecular complexity index is 808. The van der Waals surface area contributed by atoms with Gasteiger partial charge in [0, 0.05) is 17.3 Å². The lowest BCUT2D eigenvalue weighted by Crippen LogP contribution is -2.13. The third-order valence-corrected chi connectivity index (χ3v) is 4.11. The molecule has 0 fully saturated rings. The number of thiazole rings is 1. The lowest BCUT2D eigenvalue weighted by Gasteiger charge is -2.03. The van der Waals surface area contributed by atoms with Crippen LogP contribution in [0.4, 0.5) is 5.13 Å². The fourth-order valence-corrected chi connectivity index (χ4v) is 3.00. The van der Waals surface area contributed by atoms with E-state index in [0.29, 0.717) is 15.8 Å². The minimum Gasteiger partial charge on any atom is -0.296 e. The van der Waals surface area contributed by atoms with Crippen molar-refractivity contribution in [1.29, 1.82) is 0 Å². The van der Waals surface area contributed by atoms with E-state index in [9.17, 15) is 4.79 Å². The molecule has 0 aliphatic rings. The van der Waals surface area contributed by atoms with Gasteiger partial charge in [-0.25, -0.2) is 4.98 Å². The van der Waals surface area contributed by atoms with Crippen LogP contribution in [0.15, 0.2) is 30.5 Å². The largest absolute Gasteiger partial charge is 0.296 e. The molecule has 0 spiro atoms. The summed E-state index contributed by atoms with van der Waals surface area (Å²) in [6, 6.07) is 7.35. The molecule has 2 heterocycles. The second kappa shape index (κ2) is 5.46. The summed E-state index contributed by atoms with van der Waals surface area (Å²) in [6.07, 6.45) is 1.79. The molecule has 0 saturated carbocycles. The Balaban J connectivity index is 1.81. The molecule has 21 heavy (non-hydrogen) atoms. The zero-order valence-corrected chi connectivity index (χ0v) is 13.1. The van der Waals surface area contributed by atoms with Crippen LogP contribution in [0, 0.1) is 0 Å². The summed E-state index contributed by atoms with van der Waals surface area (Å²) in [7, 11) is 0. The van der Waals surface area contributed by atoms with Gasteiger partial charge in [0.1, 0.15) is 0 Å². The van der Waals surface area contributed by atoms with E-state index in [1.165, 1.54) is 11.3 Å². The second-order valence-electron chi connectivity index (χ2n) is 4.86. The third kappa shape index (κ3) is 2.91. The molecular weight excluding hydrogens is 308 g/mol. The summed E-state index contributed by atoms with van der Waals surface area (Å²) in [6.45, 7) is 4.01. The molecule has 0 saturated heterocycles. The van der Waals surface area contributed by atoms with Gasteiger partial charge in [0.2, 0.25) is 0 Å². The lowest BCUT2D eigenvalue weighted by atomic mass is 10.3. The molecule has 0 unspecified atom stereocenters. The first kappa shape index (κ1) is 14.0. The number of benzene rings is 1. The molecule has 1 amide bonds. The molecule has 3 rings (SSSR count). The predicted molar refractivity (Wildman–Crippen MR) is 85.2 cm³/mol. The summed E-state index contributed by atoms with van der Waals surface area (Å²) < 4.78 is 2.68. The Labute approximate surface area is 130 Å². The van der Waals surface area contributed by atoms with Crippen molar-refractivity contribution in [3.05, 3.63) is 41.2 Å². The van der Waals surface area contributed by atoms with Crippen LogP contribution in [0.1, 0.15) is 30.4 Å². The number of amides is 1. The molecule has 0 aliphatic heterocycles. The second-order valence-corrected chi connectivity index (χ2v) is 6.33. The maximum absolute atomic E-state index is 12.1. The van der Waals surface area contributed by atoms with E-state index in [2.05, 4.69) is 15.4 Å². The number of aromatic nitrogens is 3. The highest BCUT2D eigenvalue weighted by Gasteiger charge is 2.13. The normalized spacial score (nSPS) is 11.2. The number of anilines is 1. The highest BCUT2D eigenvalue weighted by molar-refractivity contribution is 7.22. The molecule has 1 N–H and O–H groups in total. The number of rotatable bonds is 3. The van der Waals surface area contributed by atoms with Gasteiger partial charge in [-0.3, -0.25) is 14.8 Å². The van der Waals surface area contributed by atoms with Crippen LogP contribution in [0.5, 0.6) is 0 Å². The topological polar surface area (TPSA) is 59.8 Å². The number of carbonyl (C=O) groups excluding carboxylic acids is 1. The number of halogens is 1. The van der Waals surface area contributed by atoms with Crippen LogP contribution in [0.2, 0.25) is 5.02 Å². The Morgan fingerprint density at radius 2 is 2.19 bits per heavy atom. The SMILES string of the molecule is CC(C)n1ccc(C(=O)Nc2nc3ccc(Cl)cc3s2)n1. The van der Waals surface area contributed by atoms with Gasteiger partial charge in [0.05, 0.1) is 10.2 Å². The van der Waals surface area contributed by atoms with Crippen LogP contribution in [-0.4, -0.2) is 20.7 Å². The first-order chi connectivity index (χ1) is 10.0. The third-order valence-electron chi connectivity index (χ3n) is 2.94. The van der Waals surface area contributed by atoms with Gasteiger partial charge in [-0.2, -0.15) is 5.10 Å². The Kier molecular flexibility index (Phi) is 3.65. The zero-order valence-electron chi connectivity index (χ0n) is 11.5. The van der Waals surface area contributed by atoms with E-state index in [0.717, 1.165) is 10.2 Å². The quantitative estimate of drug-likeness (QED) is 0.794. The van der Waals surface area contributed by atoms with Crippen molar-refractivity contribution < 1.29 is 4.79 Å². The summed E-state index contributed by atoms with van der Waals surface area (Å²) in [5.74, 6) is -0.264. The van der Waals surface area contributed by atoms with Crippen molar-refractivity contribution in [2.75, 3.05) is 5.32 Å². The standard InChI is InChI=1S/C14H13ClN4OS/c1-8(2)19-6-5-11(18-19)13(20)17-14-16-10-4-3-9(15)7-12(10)21-14/h3-8H,1-2H3,(H,16,17,20).